The lowest BCUT2D eigenvalue weighted by molar-refractivity contribution is 0.0689. The fourth-order valence-electron chi connectivity index (χ4n) is 2.40. The normalized spacial score (nSPS) is 12.2. The van der Waals surface area contributed by atoms with E-state index in [1.807, 2.05) is 0 Å². The first-order valence-electron chi connectivity index (χ1n) is 6.85. The highest BCUT2D eigenvalue weighted by Crippen LogP contribution is 2.31. The Morgan fingerprint density at radius 1 is 1.08 bits per heavy atom. The number of carboxylic acid groups (broad SMARTS) is 1. The maximum Gasteiger partial charge on any atom is 0.354 e. The Hall–Kier alpha value is -3.19. The molecule has 1 aromatic heterocycles. The summed E-state index contributed by atoms with van der Waals surface area (Å²) in [6, 6.07) is 9.30. The Morgan fingerprint density at radius 2 is 1.71 bits per heavy atom. The molecular formula is C17H11FO6. The zero-order valence-corrected chi connectivity index (χ0v) is 12.1. The third kappa shape index (κ3) is 2.61. The average Bonchev–Trinajstić information content (AvgIpc) is 2.54. The number of aromatic hydroxyl groups is 1. The molecule has 1 atom stereocenters. The summed E-state index contributed by atoms with van der Waals surface area (Å²) >= 11 is 0. The predicted molar refractivity (Wildman–Crippen MR) is 81.6 cm³/mol. The third-order valence-corrected chi connectivity index (χ3v) is 3.62. The molecule has 0 aliphatic carbocycles. The molecule has 6 nitrogen and oxygen atoms in total. The van der Waals surface area contributed by atoms with Crippen molar-refractivity contribution in [2.24, 2.45) is 0 Å². The molecule has 7 heteroatoms. The van der Waals surface area contributed by atoms with Gasteiger partial charge in [-0.1, -0.05) is 18.2 Å². The van der Waals surface area contributed by atoms with Crippen LogP contribution in [0.2, 0.25) is 0 Å². The first kappa shape index (κ1) is 15.7. The van der Waals surface area contributed by atoms with Crippen LogP contribution in [0.4, 0.5) is 4.39 Å². The zero-order chi connectivity index (χ0) is 17.4. The Labute approximate surface area is 134 Å². The van der Waals surface area contributed by atoms with Crippen molar-refractivity contribution in [2.45, 2.75) is 6.10 Å². The molecule has 0 fully saturated rings. The van der Waals surface area contributed by atoms with Crippen LogP contribution < -0.4 is 5.63 Å². The molecule has 0 aliphatic heterocycles. The molecule has 0 saturated heterocycles. The van der Waals surface area contributed by atoms with Crippen molar-refractivity contribution in [3.63, 3.8) is 0 Å². The number of hydrogen-bond acceptors (Lipinski definition) is 5. The number of aromatic carboxylic acids is 1. The number of halogens is 1. The van der Waals surface area contributed by atoms with Crippen molar-refractivity contribution in [1.82, 2.24) is 0 Å². The first-order valence-corrected chi connectivity index (χ1v) is 6.85. The van der Waals surface area contributed by atoms with Crippen molar-refractivity contribution >= 4 is 16.9 Å². The standard InChI is InChI=1S/C17H11FO6/c18-10-4-1-8(2-5-10)14(19)9-3-6-12-11(7-9)15(20)13(16(21)22)17(23)24-12/h1-7,14,19-20H,(H,21,22). The Kier molecular flexibility index (Phi) is 3.78. The van der Waals surface area contributed by atoms with Crippen LogP contribution in [0.3, 0.4) is 0 Å². The van der Waals surface area contributed by atoms with Crippen LogP contribution in [0.5, 0.6) is 5.75 Å². The van der Waals surface area contributed by atoms with E-state index in [0.29, 0.717) is 11.1 Å². The molecule has 0 aliphatic rings. The molecule has 0 spiro atoms. The van der Waals surface area contributed by atoms with E-state index in [0.717, 1.165) is 0 Å². The quantitative estimate of drug-likeness (QED) is 0.637. The van der Waals surface area contributed by atoms with Crippen molar-refractivity contribution in [3.8, 4) is 5.75 Å². The summed E-state index contributed by atoms with van der Waals surface area (Å²) in [6.07, 6.45) is -1.13. The molecule has 0 radical (unpaired) electrons. The average molecular weight is 330 g/mol. The highest BCUT2D eigenvalue weighted by atomic mass is 19.1. The Balaban J connectivity index is 2.15. The maximum atomic E-state index is 13.0. The van der Waals surface area contributed by atoms with Crippen LogP contribution >= 0.6 is 0 Å². The smallest absolute Gasteiger partial charge is 0.354 e. The minimum absolute atomic E-state index is 0.0162. The third-order valence-electron chi connectivity index (χ3n) is 3.62. The molecule has 3 rings (SSSR count). The number of carboxylic acids is 1. The van der Waals surface area contributed by atoms with Crippen LogP contribution in [-0.2, 0) is 0 Å². The number of rotatable bonds is 3. The van der Waals surface area contributed by atoms with Gasteiger partial charge in [0.2, 0.25) is 0 Å². The monoisotopic (exact) mass is 330 g/mol. The zero-order valence-electron chi connectivity index (χ0n) is 12.1. The minimum Gasteiger partial charge on any atom is -0.506 e. The van der Waals surface area contributed by atoms with Gasteiger partial charge < -0.3 is 19.7 Å². The summed E-state index contributed by atoms with van der Waals surface area (Å²) in [6.45, 7) is 0. The van der Waals surface area contributed by atoms with Gasteiger partial charge in [0.05, 0.1) is 5.39 Å². The Bertz CT molecular complexity index is 990. The number of benzene rings is 2. The molecule has 3 aromatic rings. The largest absolute Gasteiger partial charge is 0.506 e. The van der Waals surface area contributed by atoms with Crippen molar-refractivity contribution in [3.05, 3.63) is 75.4 Å². The topological polar surface area (TPSA) is 108 Å². The summed E-state index contributed by atoms with van der Waals surface area (Å²) in [7, 11) is 0. The fourth-order valence-corrected chi connectivity index (χ4v) is 2.40. The van der Waals surface area contributed by atoms with Gasteiger partial charge in [-0.3, -0.25) is 0 Å². The second-order valence-corrected chi connectivity index (χ2v) is 5.13. The van der Waals surface area contributed by atoms with Gasteiger partial charge >= 0.3 is 11.6 Å². The van der Waals surface area contributed by atoms with E-state index < -0.39 is 34.8 Å². The van der Waals surface area contributed by atoms with Gasteiger partial charge in [0.25, 0.3) is 0 Å². The van der Waals surface area contributed by atoms with Crippen molar-refractivity contribution < 1.29 is 28.9 Å². The van der Waals surface area contributed by atoms with Crippen molar-refractivity contribution in [2.75, 3.05) is 0 Å². The van der Waals surface area contributed by atoms with E-state index in [1.54, 1.807) is 0 Å². The molecule has 0 saturated carbocycles. The first-order chi connectivity index (χ1) is 11.4. The lowest BCUT2D eigenvalue weighted by Gasteiger charge is -2.12. The second-order valence-electron chi connectivity index (χ2n) is 5.13. The molecule has 2 aromatic carbocycles. The number of hydrogen-bond donors (Lipinski definition) is 3. The summed E-state index contributed by atoms with van der Waals surface area (Å²) in [5.41, 5.74) is -1.34. The minimum atomic E-state index is -1.62. The van der Waals surface area contributed by atoms with Crippen LogP contribution in [0.25, 0.3) is 11.0 Å². The van der Waals surface area contributed by atoms with Gasteiger partial charge in [-0.05, 0) is 35.4 Å². The lowest BCUT2D eigenvalue weighted by atomic mass is 9.99. The number of aliphatic hydroxyl groups is 1. The number of carbonyl (C=O) groups is 1. The van der Waals surface area contributed by atoms with Gasteiger partial charge in [0, 0.05) is 0 Å². The van der Waals surface area contributed by atoms with E-state index in [2.05, 4.69) is 0 Å². The summed E-state index contributed by atoms with van der Waals surface area (Å²) in [5.74, 6) is -2.80. The number of fused-ring (bicyclic) bond motifs is 1. The van der Waals surface area contributed by atoms with E-state index in [9.17, 15) is 24.2 Å². The van der Waals surface area contributed by atoms with Gasteiger partial charge in [0.1, 0.15) is 23.3 Å². The van der Waals surface area contributed by atoms with Crippen molar-refractivity contribution in [1.29, 1.82) is 0 Å². The van der Waals surface area contributed by atoms with Gasteiger partial charge in [-0.2, -0.15) is 0 Å². The molecule has 0 amide bonds. The van der Waals surface area contributed by atoms with E-state index in [-0.39, 0.29) is 11.0 Å². The van der Waals surface area contributed by atoms with E-state index in [1.165, 1.54) is 42.5 Å². The molecule has 1 heterocycles. The Morgan fingerprint density at radius 3 is 2.33 bits per heavy atom. The van der Waals surface area contributed by atoms with Crippen LogP contribution in [0.15, 0.2) is 51.7 Å². The maximum absolute atomic E-state index is 13.0. The highest BCUT2D eigenvalue weighted by molar-refractivity contribution is 5.97. The molecule has 1 unspecified atom stereocenters. The highest BCUT2D eigenvalue weighted by Gasteiger charge is 2.21. The molecule has 122 valence electrons. The molecule has 0 bridgehead atoms. The number of aliphatic hydroxyl groups excluding tert-OH is 1. The lowest BCUT2D eigenvalue weighted by Crippen LogP contribution is -2.13. The summed E-state index contributed by atoms with van der Waals surface area (Å²) < 4.78 is 17.8. The van der Waals surface area contributed by atoms with Crippen LogP contribution in [0, 0.1) is 5.82 Å². The summed E-state index contributed by atoms with van der Waals surface area (Å²) in [5, 5.41) is 29.4. The molecule has 24 heavy (non-hydrogen) atoms. The molecule has 3 N–H and O–H groups in total. The van der Waals surface area contributed by atoms with Crippen LogP contribution in [0.1, 0.15) is 27.6 Å². The molecular weight excluding hydrogens is 319 g/mol. The van der Waals surface area contributed by atoms with E-state index in [4.69, 9.17) is 9.52 Å². The van der Waals surface area contributed by atoms with Crippen LogP contribution in [-0.4, -0.2) is 21.3 Å². The second kappa shape index (κ2) is 5.78. The van der Waals surface area contributed by atoms with Gasteiger partial charge in [-0.25, -0.2) is 14.0 Å². The van der Waals surface area contributed by atoms with Gasteiger partial charge in [-0.15, -0.1) is 0 Å². The predicted octanol–water partition coefficient (Wildman–Crippen LogP) is 2.42. The SMILES string of the molecule is O=C(O)c1c(O)c2cc(C(O)c3ccc(F)cc3)ccc2oc1=O. The van der Waals surface area contributed by atoms with Gasteiger partial charge in [0.15, 0.2) is 5.56 Å². The van der Waals surface area contributed by atoms with E-state index >= 15 is 0 Å². The fraction of sp³-hybridized carbons (Fsp3) is 0.0588. The summed E-state index contributed by atoms with van der Waals surface area (Å²) in [4.78, 5) is 22.6.